The van der Waals surface area contributed by atoms with E-state index in [-0.39, 0.29) is 16.9 Å². The van der Waals surface area contributed by atoms with Crippen molar-refractivity contribution < 1.29 is 9.21 Å². The number of Topliss-reactive ketones (excluding diaryl/α,β-unsaturated/α-hetero) is 1. The summed E-state index contributed by atoms with van der Waals surface area (Å²) < 4.78 is 5.81. The molecule has 0 aliphatic rings. The van der Waals surface area contributed by atoms with Gasteiger partial charge in [0, 0.05) is 5.56 Å². The van der Waals surface area contributed by atoms with Crippen molar-refractivity contribution in [2.75, 3.05) is 0 Å². The van der Waals surface area contributed by atoms with Crippen molar-refractivity contribution in [1.29, 1.82) is 0 Å². The Morgan fingerprint density at radius 2 is 1.81 bits per heavy atom. The molecule has 2 aromatic heterocycles. The molecule has 1 aromatic carbocycles. The Balaban J connectivity index is 2.54. The lowest BCUT2D eigenvalue weighted by Gasteiger charge is -2.07. The molecular formula is C17H15NO3. The predicted octanol–water partition coefficient (Wildman–Crippen LogP) is 3.47. The van der Waals surface area contributed by atoms with Gasteiger partial charge in [0.2, 0.25) is 11.1 Å². The molecule has 4 heteroatoms. The van der Waals surface area contributed by atoms with E-state index in [4.69, 9.17) is 4.42 Å². The van der Waals surface area contributed by atoms with Crippen LogP contribution in [0.15, 0.2) is 27.4 Å². The number of fused-ring (bicyclic) bond motifs is 2. The van der Waals surface area contributed by atoms with Gasteiger partial charge in [-0.1, -0.05) is 6.07 Å². The van der Waals surface area contributed by atoms with Gasteiger partial charge < -0.3 is 4.42 Å². The Hall–Kier alpha value is -2.49. The predicted molar refractivity (Wildman–Crippen MR) is 82.0 cm³/mol. The second-order valence-corrected chi connectivity index (χ2v) is 5.42. The summed E-state index contributed by atoms with van der Waals surface area (Å²) in [5.41, 5.74) is 3.62. The summed E-state index contributed by atoms with van der Waals surface area (Å²) in [5.74, 6) is -0.109. The number of hydrogen-bond donors (Lipinski definition) is 0. The van der Waals surface area contributed by atoms with E-state index in [0.29, 0.717) is 27.6 Å². The van der Waals surface area contributed by atoms with Gasteiger partial charge in [-0.2, -0.15) is 0 Å². The Morgan fingerprint density at radius 1 is 1.10 bits per heavy atom. The number of carbonyl (C=O) groups excluding carboxylic acids is 1. The van der Waals surface area contributed by atoms with E-state index >= 15 is 0 Å². The lowest BCUT2D eigenvalue weighted by molar-refractivity contribution is 0.101. The third-order valence-electron chi connectivity index (χ3n) is 3.66. The standard InChI is InChI=1S/C17H15NO3/c1-8-5-9(2)16-13(6-8)15(20)14-7-12(11(4)19)10(3)18-17(14)21-16/h5-7H,1-4H3. The molecule has 0 saturated carbocycles. The van der Waals surface area contributed by atoms with Crippen LogP contribution >= 0.6 is 0 Å². The average Bonchev–Trinajstić information content (AvgIpc) is 2.39. The van der Waals surface area contributed by atoms with E-state index in [9.17, 15) is 9.59 Å². The third-order valence-corrected chi connectivity index (χ3v) is 3.66. The molecule has 2 heterocycles. The maximum Gasteiger partial charge on any atom is 0.230 e. The van der Waals surface area contributed by atoms with Crippen LogP contribution < -0.4 is 5.43 Å². The van der Waals surface area contributed by atoms with Crippen molar-refractivity contribution >= 4 is 27.9 Å². The molecule has 0 saturated heterocycles. The number of pyridine rings is 1. The first-order valence-electron chi connectivity index (χ1n) is 6.75. The maximum absolute atomic E-state index is 12.7. The highest BCUT2D eigenvalue weighted by atomic mass is 16.3. The summed E-state index contributed by atoms with van der Waals surface area (Å²) in [6, 6.07) is 5.36. The van der Waals surface area contributed by atoms with Crippen LogP contribution in [0.2, 0.25) is 0 Å². The fraction of sp³-hybridized carbons (Fsp3) is 0.235. The Bertz CT molecular complexity index is 967. The summed E-state index contributed by atoms with van der Waals surface area (Å²) in [7, 11) is 0. The number of nitrogens with zero attached hydrogens (tertiary/aromatic N) is 1. The lowest BCUT2D eigenvalue weighted by Crippen LogP contribution is -2.08. The van der Waals surface area contributed by atoms with Crippen molar-refractivity contribution in [3.63, 3.8) is 0 Å². The van der Waals surface area contributed by atoms with Crippen LogP contribution in [0.1, 0.15) is 34.1 Å². The first-order chi connectivity index (χ1) is 9.88. The van der Waals surface area contributed by atoms with Crippen LogP contribution in [-0.4, -0.2) is 10.8 Å². The lowest BCUT2D eigenvalue weighted by atomic mass is 10.0. The van der Waals surface area contributed by atoms with Gasteiger partial charge in [0.1, 0.15) is 5.58 Å². The van der Waals surface area contributed by atoms with Crippen molar-refractivity contribution in [2.45, 2.75) is 27.7 Å². The monoisotopic (exact) mass is 281 g/mol. The van der Waals surface area contributed by atoms with Crippen LogP contribution in [-0.2, 0) is 0 Å². The largest absolute Gasteiger partial charge is 0.437 e. The molecule has 0 aliphatic carbocycles. The van der Waals surface area contributed by atoms with Crippen LogP contribution in [0.3, 0.4) is 0 Å². The van der Waals surface area contributed by atoms with E-state index in [2.05, 4.69) is 4.98 Å². The van der Waals surface area contributed by atoms with Gasteiger partial charge in [0.05, 0.1) is 16.5 Å². The van der Waals surface area contributed by atoms with Gasteiger partial charge in [0.25, 0.3) is 0 Å². The van der Waals surface area contributed by atoms with Crippen molar-refractivity contribution in [3.8, 4) is 0 Å². The molecule has 0 fully saturated rings. The zero-order chi connectivity index (χ0) is 15.3. The number of rotatable bonds is 1. The Kier molecular flexibility index (Phi) is 2.90. The smallest absolute Gasteiger partial charge is 0.230 e. The first-order valence-corrected chi connectivity index (χ1v) is 6.75. The van der Waals surface area contributed by atoms with E-state index in [1.54, 1.807) is 19.1 Å². The average molecular weight is 281 g/mol. The second kappa shape index (κ2) is 4.52. The molecule has 0 bridgehead atoms. The SMILES string of the molecule is CC(=O)c1cc2c(=O)c3cc(C)cc(C)c3oc2nc1C. The third kappa shape index (κ3) is 2.03. The molecule has 106 valence electrons. The topological polar surface area (TPSA) is 60.2 Å². The summed E-state index contributed by atoms with van der Waals surface area (Å²) in [6.07, 6.45) is 0. The fourth-order valence-corrected chi connectivity index (χ4v) is 2.68. The molecule has 0 radical (unpaired) electrons. The van der Waals surface area contributed by atoms with Crippen LogP contribution in [0, 0.1) is 20.8 Å². The van der Waals surface area contributed by atoms with Crippen LogP contribution in [0.5, 0.6) is 0 Å². The number of aryl methyl sites for hydroxylation is 3. The van der Waals surface area contributed by atoms with Gasteiger partial charge in [-0.3, -0.25) is 9.59 Å². The number of ketones is 1. The van der Waals surface area contributed by atoms with Gasteiger partial charge in [-0.05, 0) is 51.0 Å². The van der Waals surface area contributed by atoms with Gasteiger partial charge in [-0.15, -0.1) is 0 Å². The van der Waals surface area contributed by atoms with E-state index in [0.717, 1.165) is 11.1 Å². The molecular weight excluding hydrogens is 266 g/mol. The minimum absolute atomic E-state index is 0.109. The minimum atomic E-state index is -0.145. The second-order valence-electron chi connectivity index (χ2n) is 5.42. The minimum Gasteiger partial charge on any atom is -0.437 e. The van der Waals surface area contributed by atoms with Gasteiger partial charge in [0.15, 0.2) is 5.78 Å². The van der Waals surface area contributed by atoms with E-state index in [1.807, 2.05) is 19.9 Å². The quantitative estimate of drug-likeness (QED) is 0.506. The zero-order valence-corrected chi connectivity index (χ0v) is 12.4. The van der Waals surface area contributed by atoms with E-state index in [1.165, 1.54) is 6.92 Å². The number of carbonyl (C=O) groups is 1. The molecule has 0 spiro atoms. The molecule has 3 rings (SSSR count). The summed E-state index contributed by atoms with van der Waals surface area (Å²) in [6.45, 7) is 7.04. The molecule has 3 aromatic rings. The summed E-state index contributed by atoms with van der Waals surface area (Å²) >= 11 is 0. The van der Waals surface area contributed by atoms with Crippen LogP contribution in [0.4, 0.5) is 0 Å². The van der Waals surface area contributed by atoms with Crippen LogP contribution in [0.25, 0.3) is 22.1 Å². The Labute approximate surface area is 121 Å². The maximum atomic E-state index is 12.7. The molecule has 21 heavy (non-hydrogen) atoms. The summed E-state index contributed by atoms with van der Waals surface area (Å²) in [4.78, 5) is 28.6. The molecule has 0 unspecified atom stereocenters. The number of hydrogen-bond acceptors (Lipinski definition) is 4. The molecule has 0 atom stereocenters. The highest BCUT2D eigenvalue weighted by Gasteiger charge is 2.15. The normalized spacial score (nSPS) is 11.2. The number of benzene rings is 1. The highest BCUT2D eigenvalue weighted by molar-refractivity contribution is 5.99. The Morgan fingerprint density at radius 3 is 2.48 bits per heavy atom. The first kappa shape index (κ1) is 13.5. The molecule has 0 aliphatic heterocycles. The number of aromatic nitrogens is 1. The molecule has 0 N–H and O–H groups in total. The molecule has 0 amide bonds. The zero-order valence-electron chi connectivity index (χ0n) is 12.4. The van der Waals surface area contributed by atoms with E-state index < -0.39 is 0 Å². The van der Waals surface area contributed by atoms with Crippen molar-refractivity contribution in [3.05, 3.63) is 50.8 Å². The fourth-order valence-electron chi connectivity index (χ4n) is 2.68. The highest BCUT2D eigenvalue weighted by Crippen LogP contribution is 2.23. The van der Waals surface area contributed by atoms with Gasteiger partial charge in [-0.25, -0.2) is 4.98 Å². The van der Waals surface area contributed by atoms with Gasteiger partial charge >= 0.3 is 0 Å². The van der Waals surface area contributed by atoms with Crippen molar-refractivity contribution in [2.24, 2.45) is 0 Å². The summed E-state index contributed by atoms with van der Waals surface area (Å²) in [5, 5.41) is 0.878. The molecule has 4 nitrogen and oxygen atoms in total. The van der Waals surface area contributed by atoms with Crippen molar-refractivity contribution in [1.82, 2.24) is 4.98 Å².